The molecule has 22 heavy (non-hydrogen) atoms. The molecule has 2 rings (SSSR count). The molecule has 0 spiro atoms. The lowest BCUT2D eigenvalue weighted by molar-refractivity contribution is 0.0927. The summed E-state index contributed by atoms with van der Waals surface area (Å²) in [4.78, 5) is 23.7. The molecule has 0 heterocycles. The zero-order chi connectivity index (χ0) is 15.9. The predicted octanol–water partition coefficient (Wildman–Crippen LogP) is 3.15. The van der Waals surface area contributed by atoms with Crippen LogP contribution in [-0.4, -0.2) is 24.9 Å². The Morgan fingerprint density at radius 1 is 0.773 bits per heavy atom. The number of hydrogen-bond donors (Lipinski definition) is 2. The van der Waals surface area contributed by atoms with Crippen molar-refractivity contribution in [3.63, 3.8) is 0 Å². The summed E-state index contributed by atoms with van der Waals surface area (Å²) in [5.74, 6) is -0.473. The van der Waals surface area contributed by atoms with E-state index in [4.69, 9.17) is 23.2 Å². The highest BCUT2D eigenvalue weighted by molar-refractivity contribution is 6.35. The van der Waals surface area contributed by atoms with Crippen molar-refractivity contribution < 1.29 is 9.59 Å². The molecule has 0 radical (unpaired) electrons. The van der Waals surface area contributed by atoms with Crippen LogP contribution in [0.1, 0.15) is 20.7 Å². The lowest BCUT2D eigenvalue weighted by atomic mass is 10.2. The molecule has 0 atom stereocenters. The summed E-state index contributed by atoms with van der Waals surface area (Å²) in [5.41, 5.74) is 0.960. The van der Waals surface area contributed by atoms with Gasteiger partial charge in [-0.25, -0.2) is 0 Å². The summed E-state index contributed by atoms with van der Waals surface area (Å²) in [6.45, 7) is 0.634. The van der Waals surface area contributed by atoms with E-state index >= 15 is 0 Å². The highest BCUT2D eigenvalue weighted by Gasteiger charge is 2.08. The molecule has 2 aromatic carbocycles. The Morgan fingerprint density at radius 3 is 1.82 bits per heavy atom. The van der Waals surface area contributed by atoms with Crippen LogP contribution < -0.4 is 10.6 Å². The van der Waals surface area contributed by atoms with Crippen LogP contribution in [0.3, 0.4) is 0 Å². The van der Waals surface area contributed by atoms with E-state index < -0.39 is 0 Å². The molecule has 2 aromatic rings. The smallest absolute Gasteiger partial charge is 0.251 e. The number of nitrogens with one attached hydrogen (secondary N) is 2. The second-order valence-electron chi connectivity index (χ2n) is 4.54. The van der Waals surface area contributed by atoms with Crippen molar-refractivity contribution in [2.24, 2.45) is 0 Å². The maximum absolute atomic E-state index is 11.9. The third-order valence-electron chi connectivity index (χ3n) is 2.86. The standard InChI is InChI=1S/C16H14Cl2N2O2/c17-13-8-12(9-14(18)10-13)16(22)20-7-6-19-15(21)11-4-2-1-3-5-11/h1-5,8-10H,6-7H2,(H,19,21)(H,20,22). The maximum atomic E-state index is 11.9. The van der Waals surface area contributed by atoms with E-state index in [0.717, 1.165) is 0 Å². The number of amides is 2. The first-order valence-electron chi connectivity index (χ1n) is 6.64. The van der Waals surface area contributed by atoms with E-state index in [-0.39, 0.29) is 11.8 Å². The Morgan fingerprint density at radius 2 is 1.27 bits per heavy atom. The van der Waals surface area contributed by atoms with Crippen LogP contribution in [0.2, 0.25) is 10.0 Å². The number of rotatable bonds is 5. The van der Waals surface area contributed by atoms with Crippen molar-refractivity contribution >= 4 is 35.0 Å². The zero-order valence-electron chi connectivity index (χ0n) is 11.6. The Labute approximate surface area is 138 Å². The summed E-state index contributed by atoms with van der Waals surface area (Å²) < 4.78 is 0. The highest BCUT2D eigenvalue weighted by Crippen LogP contribution is 2.18. The highest BCUT2D eigenvalue weighted by atomic mass is 35.5. The Kier molecular flexibility index (Phi) is 5.81. The second kappa shape index (κ2) is 7.82. The summed E-state index contributed by atoms with van der Waals surface area (Å²) in [7, 11) is 0. The molecule has 0 aliphatic heterocycles. The minimum absolute atomic E-state index is 0.180. The SMILES string of the molecule is O=C(NCCNC(=O)c1cc(Cl)cc(Cl)c1)c1ccccc1. The van der Waals surface area contributed by atoms with Crippen molar-refractivity contribution in [2.45, 2.75) is 0 Å². The van der Waals surface area contributed by atoms with Gasteiger partial charge in [0.05, 0.1) is 0 Å². The Hall–Kier alpha value is -2.04. The molecule has 4 nitrogen and oxygen atoms in total. The molecular formula is C16H14Cl2N2O2. The van der Waals surface area contributed by atoms with Gasteiger partial charge in [-0.1, -0.05) is 41.4 Å². The van der Waals surface area contributed by atoms with Crippen LogP contribution in [0.15, 0.2) is 48.5 Å². The van der Waals surface area contributed by atoms with Crippen LogP contribution >= 0.6 is 23.2 Å². The Balaban J connectivity index is 1.79. The fourth-order valence-electron chi connectivity index (χ4n) is 1.83. The third kappa shape index (κ3) is 4.76. The van der Waals surface area contributed by atoms with Crippen molar-refractivity contribution in [3.8, 4) is 0 Å². The van der Waals surface area contributed by atoms with Crippen LogP contribution in [0.25, 0.3) is 0 Å². The van der Waals surface area contributed by atoms with Crippen molar-refractivity contribution in [2.75, 3.05) is 13.1 Å². The fraction of sp³-hybridized carbons (Fsp3) is 0.125. The summed E-state index contributed by atoms with van der Waals surface area (Å²) in [6, 6.07) is 13.5. The van der Waals surface area contributed by atoms with Gasteiger partial charge in [0.2, 0.25) is 0 Å². The average Bonchev–Trinajstić information content (AvgIpc) is 2.51. The number of carbonyl (C=O) groups is 2. The molecule has 2 amide bonds. The van der Waals surface area contributed by atoms with E-state index in [1.54, 1.807) is 30.3 Å². The van der Waals surface area contributed by atoms with E-state index in [2.05, 4.69) is 10.6 Å². The van der Waals surface area contributed by atoms with Crippen molar-refractivity contribution in [1.29, 1.82) is 0 Å². The van der Waals surface area contributed by atoms with Gasteiger partial charge in [-0.2, -0.15) is 0 Å². The molecule has 0 unspecified atom stereocenters. The molecule has 0 aliphatic rings. The number of halogens is 2. The van der Waals surface area contributed by atoms with E-state index in [9.17, 15) is 9.59 Å². The predicted molar refractivity (Wildman–Crippen MR) is 87.6 cm³/mol. The maximum Gasteiger partial charge on any atom is 0.251 e. The second-order valence-corrected chi connectivity index (χ2v) is 5.41. The fourth-order valence-corrected chi connectivity index (χ4v) is 2.36. The van der Waals surface area contributed by atoms with Crippen LogP contribution in [0.5, 0.6) is 0 Å². The number of carbonyl (C=O) groups excluding carboxylic acids is 2. The van der Waals surface area contributed by atoms with Crippen LogP contribution in [0.4, 0.5) is 0 Å². The number of hydrogen-bond acceptors (Lipinski definition) is 2. The van der Waals surface area contributed by atoms with Gasteiger partial charge in [0.15, 0.2) is 0 Å². The summed E-state index contributed by atoms with van der Waals surface area (Å²) in [6.07, 6.45) is 0. The van der Waals surface area contributed by atoms with E-state index in [1.807, 2.05) is 6.07 Å². The van der Waals surface area contributed by atoms with Gasteiger partial charge in [-0.3, -0.25) is 9.59 Å². The van der Waals surface area contributed by atoms with Gasteiger partial charge in [0.1, 0.15) is 0 Å². The largest absolute Gasteiger partial charge is 0.350 e. The van der Waals surface area contributed by atoms with Crippen LogP contribution in [0, 0.1) is 0 Å². The molecule has 0 fully saturated rings. The molecule has 0 bridgehead atoms. The lowest BCUT2D eigenvalue weighted by Gasteiger charge is -2.08. The first-order chi connectivity index (χ1) is 10.6. The Bertz CT molecular complexity index is 655. The third-order valence-corrected chi connectivity index (χ3v) is 3.29. The van der Waals surface area contributed by atoms with Gasteiger partial charge in [-0.15, -0.1) is 0 Å². The first kappa shape index (κ1) is 16.3. The molecule has 6 heteroatoms. The van der Waals surface area contributed by atoms with Gasteiger partial charge >= 0.3 is 0 Å². The normalized spacial score (nSPS) is 10.1. The van der Waals surface area contributed by atoms with Gasteiger partial charge in [0, 0.05) is 34.3 Å². The van der Waals surface area contributed by atoms with Gasteiger partial charge in [-0.05, 0) is 30.3 Å². The molecule has 0 saturated carbocycles. The monoisotopic (exact) mass is 336 g/mol. The molecule has 114 valence electrons. The van der Waals surface area contributed by atoms with E-state index in [0.29, 0.717) is 34.3 Å². The molecular weight excluding hydrogens is 323 g/mol. The molecule has 0 saturated heterocycles. The van der Waals surface area contributed by atoms with Crippen molar-refractivity contribution in [3.05, 3.63) is 69.7 Å². The molecule has 0 aromatic heterocycles. The van der Waals surface area contributed by atoms with E-state index in [1.165, 1.54) is 12.1 Å². The van der Waals surface area contributed by atoms with Gasteiger partial charge < -0.3 is 10.6 Å². The summed E-state index contributed by atoms with van der Waals surface area (Å²) >= 11 is 11.7. The summed E-state index contributed by atoms with van der Waals surface area (Å²) in [5, 5.41) is 6.21. The lowest BCUT2D eigenvalue weighted by Crippen LogP contribution is -2.34. The quantitative estimate of drug-likeness (QED) is 0.824. The first-order valence-corrected chi connectivity index (χ1v) is 7.39. The average molecular weight is 337 g/mol. The molecule has 0 aliphatic carbocycles. The molecule has 2 N–H and O–H groups in total. The van der Waals surface area contributed by atoms with Crippen LogP contribution in [-0.2, 0) is 0 Å². The minimum atomic E-state index is -0.293. The number of benzene rings is 2. The topological polar surface area (TPSA) is 58.2 Å². The van der Waals surface area contributed by atoms with Gasteiger partial charge in [0.25, 0.3) is 11.8 Å². The van der Waals surface area contributed by atoms with Crippen molar-refractivity contribution in [1.82, 2.24) is 10.6 Å². The zero-order valence-corrected chi connectivity index (χ0v) is 13.1. The minimum Gasteiger partial charge on any atom is -0.350 e.